The van der Waals surface area contributed by atoms with Crippen molar-refractivity contribution in [2.45, 2.75) is 78.1 Å². The fourth-order valence-corrected chi connectivity index (χ4v) is 2.75. The molecule has 0 aromatic heterocycles. The Morgan fingerprint density at radius 2 is 1.68 bits per heavy atom. The molecular weight excluding hydrogens is 282 g/mol. The van der Waals surface area contributed by atoms with Gasteiger partial charge in [-0.3, -0.25) is 4.79 Å². The van der Waals surface area contributed by atoms with E-state index >= 15 is 0 Å². The highest BCUT2D eigenvalue weighted by Crippen LogP contribution is 2.22. The molecule has 0 spiro atoms. The van der Waals surface area contributed by atoms with Gasteiger partial charge in [0.15, 0.2) is 0 Å². The lowest BCUT2D eigenvalue weighted by Gasteiger charge is -2.41. The van der Waals surface area contributed by atoms with Crippen molar-refractivity contribution in [1.82, 2.24) is 9.80 Å². The van der Waals surface area contributed by atoms with Crippen molar-refractivity contribution in [2.75, 3.05) is 13.1 Å². The fraction of sp³-hybridized carbons (Fsp3) is 0.875. The Labute approximate surface area is 134 Å². The molecule has 1 heterocycles. The molecule has 2 amide bonds. The van der Waals surface area contributed by atoms with Crippen LogP contribution in [0.3, 0.4) is 0 Å². The maximum absolute atomic E-state index is 12.4. The number of nitrogens with zero attached hydrogens (tertiary/aromatic N) is 2. The summed E-state index contributed by atoms with van der Waals surface area (Å²) in [6.45, 7) is 12.6. The van der Waals surface area contributed by atoms with E-state index in [1.165, 1.54) is 0 Å². The molecule has 0 aromatic rings. The summed E-state index contributed by atoms with van der Waals surface area (Å²) in [6.07, 6.45) is 1.24. The van der Waals surface area contributed by atoms with Crippen molar-refractivity contribution >= 4 is 12.0 Å². The van der Waals surface area contributed by atoms with Crippen LogP contribution in [0, 0.1) is 0 Å². The number of rotatable bonds is 3. The number of hydrogen-bond donors (Lipinski definition) is 1. The minimum Gasteiger partial charge on any atom is -0.444 e. The lowest BCUT2D eigenvalue weighted by atomic mass is 10.0. The van der Waals surface area contributed by atoms with Crippen molar-refractivity contribution in [3.05, 3.63) is 0 Å². The standard InChI is InChI=1S/C16H31N3O3/c1-11(2)19(15(21)22-16(4,5)6)13-7-9-18(10-8-13)14(20)12(3)17/h11-13H,7-10,17H2,1-6H3/t12-/m0/s1. The van der Waals surface area contributed by atoms with Gasteiger partial charge in [0.05, 0.1) is 6.04 Å². The molecule has 0 aromatic carbocycles. The van der Waals surface area contributed by atoms with E-state index in [2.05, 4.69) is 0 Å². The monoisotopic (exact) mass is 313 g/mol. The number of ether oxygens (including phenoxy) is 1. The third kappa shape index (κ3) is 5.16. The largest absolute Gasteiger partial charge is 0.444 e. The Morgan fingerprint density at radius 1 is 1.18 bits per heavy atom. The predicted octanol–water partition coefficient (Wildman–Crippen LogP) is 1.97. The van der Waals surface area contributed by atoms with E-state index in [0.29, 0.717) is 13.1 Å². The summed E-state index contributed by atoms with van der Waals surface area (Å²) in [7, 11) is 0. The van der Waals surface area contributed by atoms with Gasteiger partial charge in [0.2, 0.25) is 5.91 Å². The maximum atomic E-state index is 12.4. The molecule has 0 saturated carbocycles. The second-order valence-corrected chi connectivity index (χ2v) is 7.33. The number of carbonyl (C=O) groups excluding carboxylic acids is 2. The summed E-state index contributed by atoms with van der Waals surface area (Å²) < 4.78 is 5.51. The molecule has 1 aliphatic heterocycles. The molecule has 22 heavy (non-hydrogen) atoms. The average molecular weight is 313 g/mol. The third-order valence-electron chi connectivity index (χ3n) is 3.72. The molecule has 0 radical (unpaired) electrons. The van der Waals surface area contributed by atoms with Gasteiger partial charge in [0.25, 0.3) is 0 Å². The highest BCUT2D eigenvalue weighted by Gasteiger charge is 2.34. The normalized spacial score (nSPS) is 18.3. The van der Waals surface area contributed by atoms with Crippen LogP contribution >= 0.6 is 0 Å². The van der Waals surface area contributed by atoms with Crippen LogP contribution in [0.4, 0.5) is 4.79 Å². The van der Waals surface area contributed by atoms with Crippen LogP contribution in [0.25, 0.3) is 0 Å². The zero-order chi connectivity index (χ0) is 17.1. The Hall–Kier alpha value is -1.30. The van der Waals surface area contributed by atoms with Gasteiger partial charge in [-0.2, -0.15) is 0 Å². The molecule has 1 aliphatic rings. The molecule has 6 heteroatoms. The van der Waals surface area contributed by atoms with E-state index in [1.807, 2.05) is 34.6 Å². The summed E-state index contributed by atoms with van der Waals surface area (Å²) in [4.78, 5) is 27.9. The topological polar surface area (TPSA) is 75.9 Å². The SMILES string of the molecule is CC(C)N(C(=O)OC(C)(C)C)C1CCN(C(=O)[C@H](C)N)CC1. The second kappa shape index (κ2) is 7.31. The smallest absolute Gasteiger partial charge is 0.410 e. The van der Waals surface area contributed by atoms with Crippen LogP contribution in [0.5, 0.6) is 0 Å². The summed E-state index contributed by atoms with van der Waals surface area (Å²) >= 11 is 0. The van der Waals surface area contributed by atoms with Crippen LogP contribution in [0.2, 0.25) is 0 Å². The van der Waals surface area contributed by atoms with Crippen molar-refractivity contribution in [2.24, 2.45) is 5.73 Å². The molecule has 1 rings (SSSR count). The van der Waals surface area contributed by atoms with Crippen molar-refractivity contribution < 1.29 is 14.3 Å². The molecule has 2 N–H and O–H groups in total. The lowest BCUT2D eigenvalue weighted by Crippen LogP contribution is -2.54. The molecule has 0 unspecified atom stereocenters. The summed E-state index contributed by atoms with van der Waals surface area (Å²) in [5.74, 6) is -0.0215. The Kier molecular flexibility index (Phi) is 6.23. The van der Waals surface area contributed by atoms with Gasteiger partial charge in [-0.1, -0.05) is 0 Å². The van der Waals surface area contributed by atoms with Gasteiger partial charge in [-0.05, 0) is 54.4 Å². The van der Waals surface area contributed by atoms with E-state index in [1.54, 1.807) is 16.7 Å². The van der Waals surface area contributed by atoms with Gasteiger partial charge in [0, 0.05) is 25.2 Å². The van der Waals surface area contributed by atoms with Gasteiger partial charge in [-0.25, -0.2) is 4.79 Å². The highest BCUT2D eigenvalue weighted by atomic mass is 16.6. The highest BCUT2D eigenvalue weighted by molar-refractivity contribution is 5.81. The molecule has 128 valence electrons. The average Bonchev–Trinajstić information content (AvgIpc) is 2.36. The first-order chi connectivity index (χ1) is 10.0. The van der Waals surface area contributed by atoms with E-state index < -0.39 is 11.6 Å². The number of nitrogens with two attached hydrogens (primary N) is 1. The quantitative estimate of drug-likeness (QED) is 0.864. The first-order valence-corrected chi connectivity index (χ1v) is 8.08. The van der Waals surface area contributed by atoms with Gasteiger partial charge < -0.3 is 20.3 Å². The van der Waals surface area contributed by atoms with Gasteiger partial charge >= 0.3 is 6.09 Å². The zero-order valence-corrected chi connectivity index (χ0v) is 14.8. The minimum atomic E-state index is -0.504. The van der Waals surface area contributed by atoms with Crippen LogP contribution in [-0.2, 0) is 9.53 Å². The third-order valence-corrected chi connectivity index (χ3v) is 3.72. The molecule has 1 fully saturated rings. The zero-order valence-electron chi connectivity index (χ0n) is 14.8. The summed E-state index contributed by atoms with van der Waals surface area (Å²) in [6, 6.07) is -0.300. The first-order valence-electron chi connectivity index (χ1n) is 8.08. The number of hydrogen-bond acceptors (Lipinski definition) is 4. The number of carbonyl (C=O) groups is 2. The molecule has 1 atom stereocenters. The fourth-order valence-electron chi connectivity index (χ4n) is 2.75. The summed E-state index contributed by atoms with van der Waals surface area (Å²) in [5.41, 5.74) is 5.15. The second-order valence-electron chi connectivity index (χ2n) is 7.33. The minimum absolute atomic E-state index is 0.0215. The van der Waals surface area contributed by atoms with Crippen molar-refractivity contribution in [3.8, 4) is 0 Å². The Morgan fingerprint density at radius 3 is 2.05 bits per heavy atom. The van der Waals surface area contributed by atoms with E-state index in [0.717, 1.165) is 12.8 Å². The molecular formula is C16H31N3O3. The summed E-state index contributed by atoms with van der Waals surface area (Å²) in [5, 5.41) is 0. The van der Waals surface area contributed by atoms with E-state index in [-0.39, 0.29) is 24.1 Å². The number of likely N-dealkylation sites (tertiary alicyclic amines) is 1. The van der Waals surface area contributed by atoms with Crippen molar-refractivity contribution in [3.63, 3.8) is 0 Å². The Bertz CT molecular complexity index is 394. The van der Waals surface area contributed by atoms with E-state index in [4.69, 9.17) is 10.5 Å². The molecule has 0 bridgehead atoms. The van der Waals surface area contributed by atoms with Gasteiger partial charge in [0.1, 0.15) is 5.60 Å². The number of amides is 2. The van der Waals surface area contributed by atoms with Crippen LogP contribution < -0.4 is 5.73 Å². The van der Waals surface area contributed by atoms with Crippen molar-refractivity contribution in [1.29, 1.82) is 0 Å². The molecule has 1 saturated heterocycles. The maximum Gasteiger partial charge on any atom is 0.410 e. The van der Waals surface area contributed by atoms with Gasteiger partial charge in [-0.15, -0.1) is 0 Å². The molecule has 0 aliphatic carbocycles. The van der Waals surface area contributed by atoms with E-state index in [9.17, 15) is 9.59 Å². The van der Waals surface area contributed by atoms with Crippen LogP contribution in [0.15, 0.2) is 0 Å². The Balaban J connectivity index is 2.69. The molecule has 6 nitrogen and oxygen atoms in total. The first kappa shape index (κ1) is 18.7. The lowest BCUT2D eigenvalue weighted by molar-refractivity contribution is -0.133. The van der Waals surface area contributed by atoms with Crippen LogP contribution in [-0.4, -0.2) is 58.6 Å². The number of piperidine rings is 1. The predicted molar refractivity (Wildman–Crippen MR) is 86.5 cm³/mol. The van der Waals surface area contributed by atoms with Crippen LogP contribution in [0.1, 0.15) is 54.4 Å².